The molecule has 0 unspecified atom stereocenters. The lowest BCUT2D eigenvalue weighted by Crippen LogP contribution is -2.24. The lowest BCUT2D eigenvalue weighted by molar-refractivity contribution is 0.342. The molecule has 0 atom stereocenters. The summed E-state index contributed by atoms with van der Waals surface area (Å²) in [6.07, 6.45) is 3.45. The van der Waals surface area contributed by atoms with Crippen molar-refractivity contribution in [1.82, 2.24) is 4.90 Å². The molecule has 1 aliphatic heterocycles. The van der Waals surface area contributed by atoms with Crippen LogP contribution in [-0.4, -0.2) is 16.6 Å². The molecule has 1 N–H and O–H groups in total. The van der Waals surface area contributed by atoms with Crippen molar-refractivity contribution < 1.29 is 9.50 Å². The summed E-state index contributed by atoms with van der Waals surface area (Å²) in [4.78, 5) is 2.08. The number of aliphatic hydroxyl groups is 1. The molecule has 0 amide bonds. The molecular weight excluding hydrogens is 205 g/mol. The highest BCUT2D eigenvalue weighted by Crippen LogP contribution is 2.16. The second-order valence-electron chi connectivity index (χ2n) is 3.93. The largest absolute Gasteiger partial charge is 0.508 e. The van der Waals surface area contributed by atoms with Crippen LogP contribution < -0.4 is 0 Å². The van der Waals surface area contributed by atoms with E-state index in [0.717, 1.165) is 11.3 Å². The summed E-state index contributed by atoms with van der Waals surface area (Å²) in [6.45, 7) is 3.25. The van der Waals surface area contributed by atoms with Gasteiger partial charge >= 0.3 is 0 Å². The van der Waals surface area contributed by atoms with E-state index in [9.17, 15) is 9.50 Å². The average molecular weight is 219 g/mol. The van der Waals surface area contributed by atoms with E-state index < -0.39 is 0 Å². The fourth-order valence-corrected chi connectivity index (χ4v) is 1.76. The molecule has 0 spiro atoms. The number of hydrogen-bond acceptors (Lipinski definition) is 2. The number of hydrogen-bond donors (Lipinski definition) is 1. The molecule has 0 saturated heterocycles. The Morgan fingerprint density at radius 3 is 2.94 bits per heavy atom. The van der Waals surface area contributed by atoms with E-state index in [1.165, 1.54) is 12.1 Å². The summed E-state index contributed by atoms with van der Waals surface area (Å²) >= 11 is 0. The van der Waals surface area contributed by atoms with Crippen molar-refractivity contribution in [3.05, 3.63) is 59.3 Å². The van der Waals surface area contributed by atoms with E-state index in [1.54, 1.807) is 18.2 Å². The zero-order valence-electron chi connectivity index (χ0n) is 9.15. The Balaban J connectivity index is 2.09. The number of halogens is 1. The molecule has 1 aliphatic rings. The van der Waals surface area contributed by atoms with Crippen molar-refractivity contribution in [2.24, 2.45) is 0 Å². The molecule has 0 saturated carbocycles. The molecular formula is C13H14FNO. The normalized spacial score (nSPS) is 15.8. The van der Waals surface area contributed by atoms with E-state index in [4.69, 9.17) is 0 Å². The van der Waals surface area contributed by atoms with Crippen LogP contribution in [0.25, 0.3) is 0 Å². The highest BCUT2D eigenvalue weighted by Gasteiger charge is 2.10. The Labute approximate surface area is 94.3 Å². The highest BCUT2D eigenvalue weighted by molar-refractivity contribution is 5.23. The summed E-state index contributed by atoms with van der Waals surface area (Å²) in [6, 6.07) is 6.58. The minimum Gasteiger partial charge on any atom is -0.508 e. The third kappa shape index (κ3) is 2.42. The molecule has 2 rings (SSSR count). The van der Waals surface area contributed by atoms with Gasteiger partial charge in [0.15, 0.2) is 0 Å². The fraction of sp³-hybridized carbons (Fsp3) is 0.231. The summed E-state index contributed by atoms with van der Waals surface area (Å²) < 4.78 is 13.0. The zero-order chi connectivity index (χ0) is 11.5. The van der Waals surface area contributed by atoms with E-state index in [1.807, 2.05) is 13.0 Å². The van der Waals surface area contributed by atoms with Crippen LogP contribution in [0.2, 0.25) is 0 Å². The van der Waals surface area contributed by atoms with Crippen LogP contribution in [0.15, 0.2) is 47.9 Å². The Hall–Kier alpha value is -1.77. The van der Waals surface area contributed by atoms with E-state index in [0.29, 0.717) is 18.8 Å². The van der Waals surface area contributed by atoms with Crippen molar-refractivity contribution in [3.63, 3.8) is 0 Å². The molecule has 16 heavy (non-hydrogen) atoms. The van der Waals surface area contributed by atoms with Crippen molar-refractivity contribution in [3.8, 4) is 0 Å². The first-order valence-electron chi connectivity index (χ1n) is 5.22. The number of allylic oxidation sites excluding steroid dienone is 2. The van der Waals surface area contributed by atoms with E-state index in [2.05, 4.69) is 4.90 Å². The molecule has 3 heteroatoms. The van der Waals surface area contributed by atoms with Gasteiger partial charge in [0.25, 0.3) is 0 Å². The van der Waals surface area contributed by atoms with Crippen LogP contribution in [0, 0.1) is 5.82 Å². The predicted molar refractivity (Wildman–Crippen MR) is 61.3 cm³/mol. The first kappa shape index (κ1) is 10.7. The minimum atomic E-state index is -0.213. The average Bonchev–Trinajstić information content (AvgIpc) is 2.22. The summed E-state index contributed by atoms with van der Waals surface area (Å²) in [5.74, 6) is 0.0857. The smallest absolute Gasteiger partial charge is 0.123 e. The molecule has 1 heterocycles. The summed E-state index contributed by atoms with van der Waals surface area (Å²) in [7, 11) is 0. The van der Waals surface area contributed by atoms with Crippen molar-refractivity contribution in [1.29, 1.82) is 0 Å². The lowest BCUT2D eigenvalue weighted by Gasteiger charge is -2.26. The van der Waals surface area contributed by atoms with Crippen LogP contribution in [0.5, 0.6) is 0 Å². The van der Waals surface area contributed by atoms with Crippen LogP contribution in [0.3, 0.4) is 0 Å². The van der Waals surface area contributed by atoms with Crippen LogP contribution in [0.4, 0.5) is 4.39 Å². The number of nitrogens with zero attached hydrogens (tertiary/aromatic N) is 1. The minimum absolute atomic E-state index is 0.213. The maximum Gasteiger partial charge on any atom is 0.123 e. The molecule has 1 aromatic rings. The van der Waals surface area contributed by atoms with Gasteiger partial charge in [0, 0.05) is 18.8 Å². The Bertz CT molecular complexity index is 451. The summed E-state index contributed by atoms with van der Waals surface area (Å²) in [5.41, 5.74) is 1.92. The van der Waals surface area contributed by atoms with Crippen molar-refractivity contribution >= 4 is 0 Å². The van der Waals surface area contributed by atoms with Crippen molar-refractivity contribution in [2.45, 2.75) is 13.5 Å². The molecule has 84 valence electrons. The number of aliphatic hydroxyl groups excluding tert-OH is 1. The van der Waals surface area contributed by atoms with Gasteiger partial charge in [-0.05, 0) is 36.8 Å². The second kappa shape index (κ2) is 4.39. The topological polar surface area (TPSA) is 23.5 Å². The van der Waals surface area contributed by atoms with Gasteiger partial charge in [-0.25, -0.2) is 4.39 Å². The quantitative estimate of drug-likeness (QED) is 0.826. The van der Waals surface area contributed by atoms with Gasteiger partial charge in [-0.15, -0.1) is 0 Å². The maximum atomic E-state index is 13.0. The Kier molecular flexibility index (Phi) is 2.95. The van der Waals surface area contributed by atoms with E-state index >= 15 is 0 Å². The van der Waals surface area contributed by atoms with Crippen LogP contribution >= 0.6 is 0 Å². The predicted octanol–water partition coefficient (Wildman–Crippen LogP) is 2.99. The maximum absolute atomic E-state index is 13.0. The van der Waals surface area contributed by atoms with Gasteiger partial charge in [0.1, 0.15) is 11.6 Å². The van der Waals surface area contributed by atoms with Crippen molar-refractivity contribution in [2.75, 3.05) is 6.54 Å². The SMILES string of the molecule is CC1=CC(O)=CCN1Cc1cccc(F)c1. The monoisotopic (exact) mass is 219 g/mol. The van der Waals surface area contributed by atoms with Gasteiger partial charge in [0.2, 0.25) is 0 Å². The third-order valence-corrected chi connectivity index (χ3v) is 2.64. The Morgan fingerprint density at radius 1 is 1.44 bits per heavy atom. The van der Waals surface area contributed by atoms with Crippen LogP contribution in [-0.2, 0) is 6.54 Å². The van der Waals surface area contributed by atoms with Crippen LogP contribution in [0.1, 0.15) is 12.5 Å². The number of rotatable bonds is 2. The zero-order valence-corrected chi connectivity index (χ0v) is 9.15. The molecule has 0 aliphatic carbocycles. The van der Waals surface area contributed by atoms with Gasteiger partial charge in [0.05, 0.1) is 0 Å². The molecule has 0 fully saturated rings. The van der Waals surface area contributed by atoms with Gasteiger partial charge in [-0.3, -0.25) is 0 Å². The molecule has 2 nitrogen and oxygen atoms in total. The molecule has 0 aromatic heterocycles. The molecule has 1 aromatic carbocycles. The summed E-state index contributed by atoms with van der Waals surface area (Å²) in [5, 5.41) is 9.31. The first-order chi connectivity index (χ1) is 7.65. The first-order valence-corrected chi connectivity index (χ1v) is 5.22. The fourth-order valence-electron chi connectivity index (χ4n) is 1.76. The van der Waals surface area contributed by atoms with Gasteiger partial charge in [-0.1, -0.05) is 12.1 Å². The lowest BCUT2D eigenvalue weighted by atomic mass is 10.1. The van der Waals surface area contributed by atoms with E-state index in [-0.39, 0.29) is 5.82 Å². The second-order valence-corrected chi connectivity index (χ2v) is 3.93. The van der Waals surface area contributed by atoms with Gasteiger partial charge < -0.3 is 10.0 Å². The standard InChI is InChI=1S/C13H14FNO/c1-10-7-13(16)5-6-15(10)9-11-3-2-4-12(14)8-11/h2-5,7-8,16H,6,9H2,1H3. The Morgan fingerprint density at radius 2 is 2.25 bits per heavy atom. The third-order valence-electron chi connectivity index (χ3n) is 2.64. The molecule has 0 radical (unpaired) electrons. The molecule has 0 bridgehead atoms. The number of benzene rings is 1. The highest BCUT2D eigenvalue weighted by atomic mass is 19.1. The van der Waals surface area contributed by atoms with Gasteiger partial charge in [-0.2, -0.15) is 0 Å².